The zero-order valence-electron chi connectivity index (χ0n) is 11.6. The highest BCUT2D eigenvalue weighted by Crippen LogP contribution is 2.28. The molecule has 0 bridgehead atoms. The third-order valence-corrected chi connectivity index (χ3v) is 3.82. The summed E-state index contributed by atoms with van der Waals surface area (Å²) in [6.07, 6.45) is 7.45. The highest BCUT2D eigenvalue weighted by molar-refractivity contribution is 5.93. The van der Waals surface area contributed by atoms with Gasteiger partial charge in [0.1, 0.15) is 0 Å². The molecule has 3 heteroatoms. The summed E-state index contributed by atoms with van der Waals surface area (Å²) >= 11 is 0. The Morgan fingerprint density at radius 2 is 2.16 bits per heavy atom. The second kappa shape index (κ2) is 6.50. The minimum absolute atomic E-state index is 0.0206. The summed E-state index contributed by atoms with van der Waals surface area (Å²) in [5.41, 5.74) is 2.95. The molecule has 1 fully saturated rings. The van der Waals surface area contributed by atoms with E-state index in [4.69, 9.17) is 0 Å². The Morgan fingerprint density at radius 3 is 2.79 bits per heavy atom. The number of carbonyl (C=O) groups excluding carboxylic acids is 1. The molecule has 102 valence electrons. The number of nitrogens with zero attached hydrogens (tertiary/aromatic N) is 1. The van der Waals surface area contributed by atoms with Crippen LogP contribution in [0.2, 0.25) is 0 Å². The van der Waals surface area contributed by atoms with Crippen LogP contribution in [0, 0.1) is 12.8 Å². The zero-order chi connectivity index (χ0) is 13.7. The summed E-state index contributed by atoms with van der Waals surface area (Å²) in [5.74, 6) is 0.717. The lowest BCUT2D eigenvalue weighted by atomic mass is 9.84. The van der Waals surface area contributed by atoms with Crippen LogP contribution in [0.5, 0.6) is 0 Å². The van der Waals surface area contributed by atoms with E-state index in [1.54, 1.807) is 6.20 Å². The molecule has 1 N–H and O–H groups in total. The second-order valence-corrected chi connectivity index (χ2v) is 5.43. The Labute approximate surface area is 115 Å². The standard InChI is InChI=1S/C16H22N2O/c1-12-3-6-14(7-4-12)9-10-17-16(19)15-8-5-13(2)18-11-15/h5,8,11,14H,1,3-4,6-7,9-10H2,2H3,(H,17,19). The van der Waals surface area contributed by atoms with Crippen LogP contribution < -0.4 is 5.32 Å². The molecule has 1 aromatic rings. The Balaban J connectivity index is 1.72. The zero-order valence-corrected chi connectivity index (χ0v) is 11.6. The van der Waals surface area contributed by atoms with Gasteiger partial charge in [0, 0.05) is 18.4 Å². The lowest BCUT2D eigenvalue weighted by Gasteiger charge is -2.23. The lowest BCUT2D eigenvalue weighted by Crippen LogP contribution is -2.26. The number of nitrogens with one attached hydrogen (secondary N) is 1. The van der Waals surface area contributed by atoms with Gasteiger partial charge in [-0.05, 0) is 57.1 Å². The SMILES string of the molecule is C=C1CCC(CCNC(=O)c2ccc(C)nc2)CC1. The third-order valence-electron chi connectivity index (χ3n) is 3.82. The van der Waals surface area contributed by atoms with E-state index in [9.17, 15) is 4.79 Å². The maximum atomic E-state index is 11.9. The number of hydrogen-bond acceptors (Lipinski definition) is 2. The van der Waals surface area contributed by atoms with E-state index in [-0.39, 0.29) is 5.91 Å². The molecule has 1 heterocycles. The fourth-order valence-electron chi connectivity index (χ4n) is 2.47. The van der Waals surface area contributed by atoms with Crippen molar-refractivity contribution in [3.8, 4) is 0 Å². The van der Waals surface area contributed by atoms with Crippen LogP contribution in [0.1, 0.15) is 48.2 Å². The normalized spacial score (nSPS) is 16.4. The first-order valence-electron chi connectivity index (χ1n) is 7.02. The van der Waals surface area contributed by atoms with E-state index in [2.05, 4.69) is 16.9 Å². The molecule has 1 saturated carbocycles. The number of pyridine rings is 1. The molecule has 2 rings (SSSR count). The van der Waals surface area contributed by atoms with Crippen molar-refractivity contribution in [2.24, 2.45) is 5.92 Å². The van der Waals surface area contributed by atoms with Gasteiger partial charge in [-0.3, -0.25) is 9.78 Å². The van der Waals surface area contributed by atoms with Crippen molar-refractivity contribution in [1.29, 1.82) is 0 Å². The van der Waals surface area contributed by atoms with Crippen LogP contribution in [-0.2, 0) is 0 Å². The number of allylic oxidation sites excluding steroid dienone is 1. The monoisotopic (exact) mass is 258 g/mol. The van der Waals surface area contributed by atoms with Crippen LogP contribution in [0.15, 0.2) is 30.5 Å². The van der Waals surface area contributed by atoms with Crippen LogP contribution in [-0.4, -0.2) is 17.4 Å². The number of amides is 1. The molecule has 1 aliphatic rings. The third kappa shape index (κ3) is 4.19. The lowest BCUT2D eigenvalue weighted by molar-refractivity contribution is 0.0950. The smallest absolute Gasteiger partial charge is 0.252 e. The van der Waals surface area contributed by atoms with Gasteiger partial charge in [-0.25, -0.2) is 0 Å². The summed E-state index contributed by atoms with van der Waals surface area (Å²) in [5, 5.41) is 2.98. The average Bonchev–Trinajstić information content (AvgIpc) is 2.41. The van der Waals surface area contributed by atoms with Crippen molar-refractivity contribution in [2.75, 3.05) is 6.54 Å². The van der Waals surface area contributed by atoms with Crippen molar-refractivity contribution < 1.29 is 4.79 Å². The first-order valence-corrected chi connectivity index (χ1v) is 7.02. The number of hydrogen-bond donors (Lipinski definition) is 1. The number of carbonyl (C=O) groups is 1. The van der Waals surface area contributed by atoms with Crippen LogP contribution >= 0.6 is 0 Å². The van der Waals surface area contributed by atoms with Crippen molar-refractivity contribution in [1.82, 2.24) is 10.3 Å². The average molecular weight is 258 g/mol. The predicted molar refractivity (Wildman–Crippen MR) is 77.0 cm³/mol. The summed E-state index contributed by atoms with van der Waals surface area (Å²) in [7, 11) is 0. The quantitative estimate of drug-likeness (QED) is 0.842. The van der Waals surface area contributed by atoms with Gasteiger partial charge in [-0.2, -0.15) is 0 Å². The molecule has 0 unspecified atom stereocenters. The van der Waals surface area contributed by atoms with E-state index < -0.39 is 0 Å². The number of rotatable bonds is 4. The molecule has 19 heavy (non-hydrogen) atoms. The van der Waals surface area contributed by atoms with Crippen molar-refractivity contribution in [3.63, 3.8) is 0 Å². The van der Waals surface area contributed by atoms with E-state index in [1.807, 2.05) is 19.1 Å². The van der Waals surface area contributed by atoms with Gasteiger partial charge in [-0.15, -0.1) is 0 Å². The summed E-state index contributed by atoms with van der Waals surface area (Å²) in [6.45, 7) is 6.70. The summed E-state index contributed by atoms with van der Waals surface area (Å²) in [6, 6.07) is 3.68. The summed E-state index contributed by atoms with van der Waals surface area (Å²) in [4.78, 5) is 16.0. The van der Waals surface area contributed by atoms with E-state index in [0.717, 1.165) is 37.4 Å². The van der Waals surface area contributed by atoms with Crippen LogP contribution in [0.25, 0.3) is 0 Å². The van der Waals surface area contributed by atoms with E-state index in [1.165, 1.54) is 18.4 Å². The first kappa shape index (κ1) is 13.8. The van der Waals surface area contributed by atoms with Gasteiger partial charge < -0.3 is 5.32 Å². The molecule has 1 aromatic heterocycles. The van der Waals surface area contributed by atoms with Crippen LogP contribution in [0.4, 0.5) is 0 Å². The highest BCUT2D eigenvalue weighted by Gasteiger charge is 2.15. The topological polar surface area (TPSA) is 42.0 Å². The molecular weight excluding hydrogens is 236 g/mol. The van der Waals surface area contributed by atoms with Crippen molar-refractivity contribution in [3.05, 3.63) is 41.7 Å². The maximum Gasteiger partial charge on any atom is 0.252 e. The van der Waals surface area contributed by atoms with Gasteiger partial charge >= 0.3 is 0 Å². The van der Waals surface area contributed by atoms with E-state index in [0.29, 0.717) is 5.56 Å². The number of aromatic nitrogens is 1. The fourth-order valence-corrected chi connectivity index (χ4v) is 2.47. The van der Waals surface area contributed by atoms with Gasteiger partial charge in [0.05, 0.1) is 5.56 Å². The molecule has 0 aromatic carbocycles. The molecule has 1 amide bonds. The Bertz CT molecular complexity index is 440. The summed E-state index contributed by atoms with van der Waals surface area (Å²) < 4.78 is 0. The minimum Gasteiger partial charge on any atom is -0.352 e. The molecule has 0 aliphatic heterocycles. The maximum absolute atomic E-state index is 11.9. The predicted octanol–water partition coefficient (Wildman–Crippen LogP) is 3.26. The number of aryl methyl sites for hydroxylation is 1. The fraction of sp³-hybridized carbons (Fsp3) is 0.500. The second-order valence-electron chi connectivity index (χ2n) is 5.43. The van der Waals surface area contributed by atoms with Gasteiger partial charge in [-0.1, -0.05) is 12.2 Å². The molecular formula is C16H22N2O. The van der Waals surface area contributed by atoms with E-state index >= 15 is 0 Å². The minimum atomic E-state index is -0.0206. The Morgan fingerprint density at radius 1 is 1.42 bits per heavy atom. The molecule has 0 atom stereocenters. The Hall–Kier alpha value is -1.64. The van der Waals surface area contributed by atoms with Gasteiger partial charge in [0.15, 0.2) is 0 Å². The molecule has 1 aliphatic carbocycles. The first-order chi connectivity index (χ1) is 9.15. The Kier molecular flexibility index (Phi) is 4.72. The van der Waals surface area contributed by atoms with Crippen molar-refractivity contribution >= 4 is 5.91 Å². The highest BCUT2D eigenvalue weighted by atomic mass is 16.1. The van der Waals surface area contributed by atoms with Crippen LogP contribution in [0.3, 0.4) is 0 Å². The molecule has 3 nitrogen and oxygen atoms in total. The largest absolute Gasteiger partial charge is 0.352 e. The van der Waals surface area contributed by atoms with Gasteiger partial charge in [0.25, 0.3) is 5.91 Å². The molecule has 0 spiro atoms. The van der Waals surface area contributed by atoms with Crippen molar-refractivity contribution in [2.45, 2.75) is 39.0 Å². The van der Waals surface area contributed by atoms with Gasteiger partial charge in [0.2, 0.25) is 0 Å². The molecule has 0 radical (unpaired) electrons. The molecule has 0 saturated heterocycles.